The van der Waals surface area contributed by atoms with Crippen LogP contribution in [0.25, 0.3) is 0 Å². The first-order chi connectivity index (χ1) is 9.07. The van der Waals surface area contributed by atoms with Crippen molar-refractivity contribution in [3.05, 3.63) is 0 Å². The molecule has 2 saturated heterocycles. The van der Waals surface area contributed by atoms with Crippen LogP contribution >= 0.6 is 12.4 Å². The van der Waals surface area contributed by atoms with E-state index >= 15 is 0 Å². The van der Waals surface area contributed by atoms with Gasteiger partial charge in [0, 0.05) is 31.7 Å². The molecule has 2 atom stereocenters. The van der Waals surface area contributed by atoms with Crippen LogP contribution in [0.2, 0.25) is 0 Å². The van der Waals surface area contributed by atoms with Gasteiger partial charge in [0.05, 0.1) is 0 Å². The first-order valence-electron chi connectivity index (χ1n) is 7.56. The highest BCUT2D eigenvalue weighted by atomic mass is 35.5. The van der Waals surface area contributed by atoms with Crippen LogP contribution in [0.1, 0.15) is 46.0 Å². The SMILES string of the molecule is CCCN(C1CCNC1)S(=O)(=O)N1CCCCC1C.Cl. The molecule has 0 bridgehead atoms. The van der Waals surface area contributed by atoms with Gasteiger partial charge >= 0.3 is 0 Å². The van der Waals surface area contributed by atoms with E-state index in [9.17, 15) is 8.42 Å². The van der Waals surface area contributed by atoms with Crippen LogP contribution in [0.4, 0.5) is 0 Å². The third-order valence-electron chi connectivity index (χ3n) is 4.22. The molecular weight excluding hydrogens is 298 g/mol. The van der Waals surface area contributed by atoms with Crippen molar-refractivity contribution >= 4 is 22.6 Å². The molecule has 2 aliphatic rings. The number of rotatable bonds is 5. The van der Waals surface area contributed by atoms with Crippen LogP contribution < -0.4 is 5.32 Å². The largest absolute Gasteiger partial charge is 0.315 e. The van der Waals surface area contributed by atoms with E-state index in [-0.39, 0.29) is 24.5 Å². The zero-order chi connectivity index (χ0) is 13.9. The summed E-state index contributed by atoms with van der Waals surface area (Å²) in [5, 5.41) is 3.27. The molecule has 2 heterocycles. The summed E-state index contributed by atoms with van der Waals surface area (Å²) in [5.74, 6) is 0. The summed E-state index contributed by atoms with van der Waals surface area (Å²) < 4.78 is 29.3. The Morgan fingerprint density at radius 3 is 2.60 bits per heavy atom. The lowest BCUT2D eigenvalue weighted by Crippen LogP contribution is -2.53. The maximum atomic E-state index is 12.9. The summed E-state index contributed by atoms with van der Waals surface area (Å²) in [4.78, 5) is 0. The van der Waals surface area contributed by atoms with Crippen LogP contribution in [0.5, 0.6) is 0 Å². The van der Waals surface area contributed by atoms with Crippen molar-refractivity contribution in [2.75, 3.05) is 26.2 Å². The molecule has 2 aliphatic heterocycles. The molecule has 0 radical (unpaired) electrons. The Kier molecular flexibility index (Phi) is 7.21. The summed E-state index contributed by atoms with van der Waals surface area (Å²) in [6, 6.07) is 0.284. The lowest BCUT2D eigenvalue weighted by molar-refractivity contribution is 0.230. The molecule has 0 aromatic rings. The molecule has 20 heavy (non-hydrogen) atoms. The third-order valence-corrected chi connectivity index (χ3v) is 6.43. The maximum absolute atomic E-state index is 12.9. The van der Waals surface area contributed by atoms with Gasteiger partial charge in [-0.15, -0.1) is 12.4 Å². The number of piperidine rings is 1. The fraction of sp³-hybridized carbons (Fsp3) is 1.00. The molecule has 2 fully saturated rings. The minimum absolute atomic E-state index is 0. The molecule has 2 rings (SSSR count). The van der Waals surface area contributed by atoms with Gasteiger partial charge in [0.25, 0.3) is 10.2 Å². The van der Waals surface area contributed by atoms with Crippen LogP contribution in [-0.2, 0) is 10.2 Å². The molecule has 2 unspecified atom stereocenters. The predicted molar refractivity (Wildman–Crippen MR) is 84.5 cm³/mol. The minimum Gasteiger partial charge on any atom is -0.315 e. The van der Waals surface area contributed by atoms with E-state index in [1.165, 1.54) is 0 Å². The summed E-state index contributed by atoms with van der Waals surface area (Å²) >= 11 is 0. The molecule has 1 N–H and O–H groups in total. The quantitative estimate of drug-likeness (QED) is 0.835. The minimum atomic E-state index is -3.29. The predicted octanol–water partition coefficient (Wildman–Crippen LogP) is 1.60. The Labute approximate surface area is 129 Å². The Morgan fingerprint density at radius 2 is 2.05 bits per heavy atom. The van der Waals surface area contributed by atoms with Crippen LogP contribution in [0.15, 0.2) is 0 Å². The fourth-order valence-electron chi connectivity index (χ4n) is 3.14. The van der Waals surface area contributed by atoms with Gasteiger partial charge in [-0.05, 0) is 39.2 Å². The first kappa shape index (κ1) is 18.2. The van der Waals surface area contributed by atoms with Crippen molar-refractivity contribution in [3.63, 3.8) is 0 Å². The van der Waals surface area contributed by atoms with Crippen molar-refractivity contribution < 1.29 is 8.42 Å². The van der Waals surface area contributed by atoms with E-state index in [2.05, 4.69) is 5.32 Å². The molecule has 120 valence electrons. The summed E-state index contributed by atoms with van der Waals surface area (Å²) in [5.41, 5.74) is 0. The molecule has 0 aliphatic carbocycles. The first-order valence-corrected chi connectivity index (χ1v) is 8.96. The molecule has 7 heteroatoms. The van der Waals surface area contributed by atoms with Gasteiger partial charge < -0.3 is 5.32 Å². The summed E-state index contributed by atoms with van der Waals surface area (Å²) in [7, 11) is -3.29. The zero-order valence-corrected chi connectivity index (χ0v) is 14.2. The molecule has 0 amide bonds. The monoisotopic (exact) mass is 325 g/mol. The Morgan fingerprint density at radius 1 is 1.30 bits per heavy atom. The van der Waals surface area contributed by atoms with E-state index in [4.69, 9.17) is 0 Å². The molecule has 0 spiro atoms. The highest BCUT2D eigenvalue weighted by Gasteiger charge is 2.38. The number of halogens is 1. The third kappa shape index (κ3) is 3.85. The topological polar surface area (TPSA) is 52.7 Å². The lowest BCUT2D eigenvalue weighted by Gasteiger charge is -2.38. The standard InChI is InChI=1S/C13H27N3O2S.ClH/c1-3-9-16(13-7-8-14-11-13)19(17,18)15-10-5-4-6-12(15)2;/h12-14H,3-11H2,1-2H3;1H. The van der Waals surface area contributed by atoms with Crippen LogP contribution in [-0.4, -0.2) is 55.3 Å². The van der Waals surface area contributed by atoms with E-state index in [0.717, 1.165) is 45.2 Å². The van der Waals surface area contributed by atoms with Crippen LogP contribution in [0.3, 0.4) is 0 Å². The molecule has 0 aromatic heterocycles. The second kappa shape index (κ2) is 7.94. The van der Waals surface area contributed by atoms with Gasteiger partial charge in [0.15, 0.2) is 0 Å². The maximum Gasteiger partial charge on any atom is 0.282 e. The highest BCUT2D eigenvalue weighted by Crippen LogP contribution is 2.25. The Hall–Kier alpha value is 0.120. The molecule has 5 nitrogen and oxygen atoms in total. The Balaban J connectivity index is 0.00000200. The molecule has 0 aromatic carbocycles. The summed E-state index contributed by atoms with van der Waals surface area (Å²) in [6.07, 6.45) is 4.93. The van der Waals surface area contributed by atoms with Crippen molar-refractivity contribution in [1.29, 1.82) is 0 Å². The average molecular weight is 326 g/mol. The molecular formula is C13H28ClN3O2S. The van der Waals surface area contributed by atoms with Gasteiger partial charge in [-0.1, -0.05) is 13.3 Å². The van der Waals surface area contributed by atoms with E-state index in [1.54, 1.807) is 8.61 Å². The van der Waals surface area contributed by atoms with Crippen molar-refractivity contribution in [2.24, 2.45) is 0 Å². The van der Waals surface area contributed by atoms with Crippen molar-refractivity contribution in [2.45, 2.75) is 58.0 Å². The van der Waals surface area contributed by atoms with Gasteiger partial charge in [0.2, 0.25) is 0 Å². The second-order valence-electron chi connectivity index (χ2n) is 5.72. The summed E-state index contributed by atoms with van der Waals surface area (Å²) in [6.45, 7) is 7.12. The smallest absolute Gasteiger partial charge is 0.282 e. The fourth-order valence-corrected chi connectivity index (χ4v) is 5.30. The van der Waals surface area contributed by atoms with Gasteiger partial charge in [-0.25, -0.2) is 0 Å². The van der Waals surface area contributed by atoms with Crippen molar-refractivity contribution in [1.82, 2.24) is 13.9 Å². The van der Waals surface area contributed by atoms with E-state index in [0.29, 0.717) is 13.1 Å². The average Bonchev–Trinajstić information content (AvgIpc) is 2.89. The van der Waals surface area contributed by atoms with Gasteiger partial charge in [-0.3, -0.25) is 0 Å². The van der Waals surface area contributed by atoms with E-state index in [1.807, 2.05) is 13.8 Å². The number of nitrogens with zero attached hydrogens (tertiary/aromatic N) is 2. The normalized spacial score (nSPS) is 28.6. The van der Waals surface area contributed by atoms with E-state index < -0.39 is 10.2 Å². The Bertz CT molecular complexity index is 385. The number of hydrogen-bond donors (Lipinski definition) is 1. The lowest BCUT2D eigenvalue weighted by atomic mass is 10.1. The molecule has 0 saturated carbocycles. The van der Waals surface area contributed by atoms with Crippen molar-refractivity contribution in [3.8, 4) is 0 Å². The van der Waals surface area contributed by atoms with Gasteiger partial charge in [0.1, 0.15) is 0 Å². The van der Waals surface area contributed by atoms with Crippen LogP contribution in [0, 0.1) is 0 Å². The number of hydrogen-bond acceptors (Lipinski definition) is 3. The van der Waals surface area contributed by atoms with Gasteiger partial charge in [-0.2, -0.15) is 17.0 Å². The zero-order valence-electron chi connectivity index (χ0n) is 12.5. The highest BCUT2D eigenvalue weighted by molar-refractivity contribution is 7.86. The second-order valence-corrected chi connectivity index (χ2v) is 7.55. The number of nitrogens with one attached hydrogen (secondary N) is 1.